The van der Waals surface area contributed by atoms with Gasteiger partial charge in [-0.1, -0.05) is 6.92 Å². The van der Waals surface area contributed by atoms with Gasteiger partial charge < -0.3 is 0 Å². The predicted octanol–water partition coefficient (Wildman–Crippen LogP) is 3.23. The topological polar surface area (TPSA) is 36.7 Å². The van der Waals surface area contributed by atoms with Crippen molar-refractivity contribution in [2.24, 2.45) is 0 Å². The summed E-state index contributed by atoms with van der Waals surface area (Å²) >= 11 is 0. The molecule has 0 aliphatic rings. The fourth-order valence-corrected chi connectivity index (χ4v) is 1.19. The monoisotopic (exact) mass is 208 g/mol. The van der Waals surface area contributed by atoms with E-state index in [-0.39, 0.29) is 12.3 Å². The Labute approximate surface area is 86.9 Å². The van der Waals surface area contributed by atoms with E-state index >= 15 is 0 Å². The van der Waals surface area contributed by atoms with Crippen LogP contribution in [-0.2, 0) is 0 Å². The van der Waals surface area contributed by atoms with Gasteiger partial charge in [-0.05, 0) is 30.0 Å². The Bertz CT molecular complexity index is 403. The van der Waals surface area contributed by atoms with Gasteiger partial charge in [0.2, 0.25) is 0 Å². The number of nitrogens with zero attached hydrogens (tertiary/aromatic N) is 2. The lowest BCUT2D eigenvalue weighted by Gasteiger charge is -2.07. The number of nitriles is 1. The smallest absolute Gasteiger partial charge is 0.263 e. The average Bonchev–Trinajstić information content (AvgIpc) is 2.26. The second-order valence-corrected chi connectivity index (χ2v) is 3.25. The molecular formula is C11H10F2N2. The highest BCUT2D eigenvalue weighted by Gasteiger charge is 2.06. The summed E-state index contributed by atoms with van der Waals surface area (Å²) < 4.78 is 23.7. The molecule has 1 aromatic rings. The van der Waals surface area contributed by atoms with Crippen LogP contribution >= 0.6 is 0 Å². The number of allylic oxidation sites excluding steroid dienone is 1. The van der Waals surface area contributed by atoms with Crippen LogP contribution in [0.3, 0.4) is 0 Å². The summed E-state index contributed by atoms with van der Waals surface area (Å²) in [5.41, 5.74) is 1.25. The maximum atomic E-state index is 11.8. The van der Waals surface area contributed by atoms with Crippen LogP contribution in [0, 0.1) is 11.3 Å². The molecule has 4 heteroatoms. The van der Waals surface area contributed by atoms with Gasteiger partial charge in [-0.2, -0.15) is 14.0 Å². The highest BCUT2D eigenvalue weighted by Crippen LogP contribution is 2.20. The molecule has 2 nitrogen and oxygen atoms in total. The number of hydrogen-bond acceptors (Lipinski definition) is 2. The van der Waals surface area contributed by atoms with Crippen molar-refractivity contribution in [3.8, 4) is 6.07 Å². The number of aromatic nitrogens is 1. The standard InChI is InChI=1S/C11H10F2N2/c1-8(2-3-11(12)13)10-4-9(5-14)6-15-7-10/h3-4,6-8H,2H2,1H3. The molecule has 1 rings (SSSR count). The summed E-state index contributed by atoms with van der Waals surface area (Å²) in [6.07, 6.45) is 2.49. The summed E-state index contributed by atoms with van der Waals surface area (Å²) in [7, 11) is 0. The van der Waals surface area contributed by atoms with Crippen molar-refractivity contribution in [1.82, 2.24) is 4.98 Å². The minimum absolute atomic E-state index is 0.0627. The molecule has 0 radical (unpaired) electrons. The molecule has 0 aliphatic heterocycles. The van der Waals surface area contributed by atoms with E-state index in [1.54, 1.807) is 12.3 Å². The van der Waals surface area contributed by atoms with Gasteiger partial charge in [-0.15, -0.1) is 0 Å². The normalized spacial score (nSPS) is 11.6. The highest BCUT2D eigenvalue weighted by molar-refractivity contribution is 5.30. The van der Waals surface area contributed by atoms with E-state index in [1.807, 2.05) is 13.0 Å². The zero-order chi connectivity index (χ0) is 11.3. The Balaban J connectivity index is 2.78. The highest BCUT2D eigenvalue weighted by atomic mass is 19.3. The van der Waals surface area contributed by atoms with Crippen LogP contribution in [0.2, 0.25) is 0 Å². The van der Waals surface area contributed by atoms with E-state index in [4.69, 9.17) is 5.26 Å². The Morgan fingerprint density at radius 2 is 2.33 bits per heavy atom. The maximum Gasteiger partial charge on any atom is 0.266 e. The van der Waals surface area contributed by atoms with Crippen molar-refractivity contribution in [2.75, 3.05) is 0 Å². The third-order valence-electron chi connectivity index (χ3n) is 2.08. The number of pyridine rings is 1. The molecule has 78 valence electrons. The summed E-state index contributed by atoms with van der Waals surface area (Å²) in [6, 6.07) is 3.63. The number of rotatable bonds is 3. The molecule has 0 saturated heterocycles. The molecular weight excluding hydrogens is 198 g/mol. The number of halogens is 2. The lowest BCUT2D eigenvalue weighted by molar-refractivity contribution is 0.416. The van der Waals surface area contributed by atoms with Gasteiger partial charge in [-0.3, -0.25) is 4.98 Å². The largest absolute Gasteiger partial charge is 0.266 e. The van der Waals surface area contributed by atoms with Gasteiger partial charge >= 0.3 is 0 Å². The fourth-order valence-electron chi connectivity index (χ4n) is 1.19. The minimum atomic E-state index is -1.67. The second-order valence-electron chi connectivity index (χ2n) is 3.25. The summed E-state index contributed by atoms with van der Waals surface area (Å²) in [5.74, 6) is -0.0627. The molecule has 15 heavy (non-hydrogen) atoms. The summed E-state index contributed by atoms with van der Waals surface area (Å²) in [6.45, 7) is 1.82. The van der Waals surface area contributed by atoms with E-state index in [0.717, 1.165) is 11.6 Å². The Morgan fingerprint density at radius 3 is 2.93 bits per heavy atom. The molecule has 1 atom stereocenters. The lowest BCUT2D eigenvalue weighted by atomic mass is 9.98. The lowest BCUT2D eigenvalue weighted by Crippen LogP contribution is -1.94. The van der Waals surface area contributed by atoms with Crippen molar-refractivity contribution in [1.29, 1.82) is 5.26 Å². The first kappa shape index (κ1) is 11.3. The molecule has 0 spiro atoms. The Morgan fingerprint density at radius 1 is 1.60 bits per heavy atom. The van der Waals surface area contributed by atoms with Gasteiger partial charge in [-0.25, -0.2) is 0 Å². The van der Waals surface area contributed by atoms with Crippen LogP contribution in [0.25, 0.3) is 0 Å². The molecule has 0 amide bonds. The predicted molar refractivity (Wildman–Crippen MR) is 52.3 cm³/mol. The third kappa shape index (κ3) is 3.47. The summed E-state index contributed by atoms with van der Waals surface area (Å²) in [5, 5.41) is 8.64. The molecule has 1 aromatic heterocycles. The first-order valence-electron chi connectivity index (χ1n) is 4.49. The molecule has 0 bridgehead atoms. The molecule has 0 aromatic carbocycles. The van der Waals surface area contributed by atoms with Crippen molar-refractivity contribution >= 4 is 0 Å². The number of hydrogen-bond donors (Lipinski definition) is 0. The van der Waals surface area contributed by atoms with Gasteiger partial charge in [0.25, 0.3) is 6.08 Å². The zero-order valence-corrected chi connectivity index (χ0v) is 8.24. The first-order chi connectivity index (χ1) is 7.13. The molecule has 1 heterocycles. The van der Waals surface area contributed by atoms with Gasteiger partial charge in [0.05, 0.1) is 5.56 Å². The van der Waals surface area contributed by atoms with Crippen LogP contribution in [0.1, 0.15) is 30.4 Å². The van der Waals surface area contributed by atoms with Crippen LogP contribution < -0.4 is 0 Å². The van der Waals surface area contributed by atoms with Crippen LogP contribution in [0.5, 0.6) is 0 Å². The van der Waals surface area contributed by atoms with E-state index in [1.165, 1.54) is 6.20 Å². The molecule has 1 unspecified atom stereocenters. The molecule has 0 N–H and O–H groups in total. The van der Waals surface area contributed by atoms with Crippen molar-refractivity contribution in [3.63, 3.8) is 0 Å². The van der Waals surface area contributed by atoms with E-state index < -0.39 is 6.08 Å². The van der Waals surface area contributed by atoms with E-state index in [2.05, 4.69) is 4.98 Å². The van der Waals surface area contributed by atoms with E-state index in [9.17, 15) is 8.78 Å². The Kier molecular flexibility index (Phi) is 3.92. The second kappa shape index (κ2) is 5.20. The molecule has 0 aliphatic carbocycles. The zero-order valence-electron chi connectivity index (χ0n) is 8.24. The average molecular weight is 208 g/mol. The Hall–Kier alpha value is -1.76. The van der Waals surface area contributed by atoms with Crippen LogP contribution in [-0.4, -0.2) is 4.98 Å². The molecule has 0 fully saturated rings. The third-order valence-corrected chi connectivity index (χ3v) is 2.08. The van der Waals surface area contributed by atoms with E-state index in [0.29, 0.717) is 5.56 Å². The molecule has 0 saturated carbocycles. The van der Waals surface area contributed by atoms with Crippen molar-refractivity contribution < 1.29 is 8.78 Å². The first-order valence-corrected chi connectivity index (χ1v) is 4.49. The van der Waals surface area contributed by atoms with Crippen LogP contribution in [0.4, 0.5) is 8.78 Å². The van der Waals surface area contributed by atoms with Gasteiger partial charge in [0, 0.05) is 12.4 Å². The summed E-state index contributed by atoms with van der Waals surface area (Å²) in [4.78, 5) is 3.87. The van der Waals surface area contributed by atoms with Crippen molar-refractivity contribution in [2.45, 2.75) is 19.3 Å². The SMILES string of the molecule is CC(CC=C(F)F)c1cncc(C#N)c1. The van der Waals surface area contributed by atoms with Gasteiger partial charge in [0.15, 0.2) is 0 Å². The maximum absolute atomic E-state index is 11.8. The quantitative estimate of drug-likeness (QED) is 0.764. The van der Waals surface area contributed by atoms with Crippen LogP contribution in [0.15, 0.2) is 30.6 Å². The van der Waals surface area contributed by atoms with Crippen molar-refractivity contribution in [3.05, 3.63) is 41.7 Å². The van der Waals surface area contributed by atoms with Gasteiger partial charge in [0.1, 0.15) is 6.07 Å². The fraction of sp³-hybridized carbons (Fsp3) is 0.273. The minimum Gasteiger partial charge on any atom is -0.263 e.